The average Bonchev–Trinajstić information content (AvgIpc) is 1.86. The molecule has 11 heavy (non-hydrogen) atoms. The standard InChI is InChI=1S/C4H4ClN3O3/c5-4(11)2(7-8-6)1-3(9)10/h2H,1H2,(H,9,10)/t2-/m0/s1. The Morgan fingerprint density at radius 2 is 2.27 bits per heavy atom. The van der Waals surface area contributed by atoms with Crippen LogP contribution in [0.15, 0.2) is 5.11 Å². The van der Waals surface area contributed by atoms with Gasteiger partial charge in [-0.15, -0.1) is 0 Å². The number of halogens is 1. The van der Waals surface area contributed by atoms with Crippen molar-refractivity contribution >= 4 is 22.8 Å². The Labute approximate surface area is 66.4 Å². The molecule has 1 atom stereocenters. The van der Waals surface area contributed by atoms with Gasteiger partial charge in [0.2, 0.25) is 5.24 Å². The molecule has 0 saturated heterocycles. The van der Waals surface area contributed by atoms with Crippen molar-refractivity contribution in [1.82, 2.24) is 0 Å². The molecule has 0 aromatic heterocycles. The highest BCUT2D eigenvalue weighted by molar-refractivity contribution is 6.64. The van der Waals surface area contributed by atoms with Gasteiger partial charge in [-0.2, -0.15) is 0 Å². The molecule has 0 aliphatic rings. The number of rotatable bonds is 4. The van der Waals surface area contributed by atoms with Gasteiger partial charge in [0.25, 0.3) is 0 Å². The first kappa shape index (κ1) is 9.74. The highest BCUT2D eigenvalue weighted by Crippen LogP contribution is 2.02. The Hall–Kier alpha value is -1.26. The van der Waals surface area contributed by atoms with E-state index in [1.54, 1.807) is 0 Å². The van der Waals surface area contributed by atoms with Crippen LogP contribution >= 0.6 is 11.6 Å². The minimum atomic E-state index is -1.31. The molecule has 6 nitrogen and oxygen atoms in total. The van der Waals surface area contributed by atoms with Crippen molar-refractivity contribution in [2.75, 3.05) is 0 Å². The lowest BCUT2D eigenvalue weighted by molar-refractivity contribution is -0.138. The summed E-state index contributed by atoms with van der Waals surface area (Å²) >= 11 is 4.90. The van der Waals surface area contributed by atoms with E-state index >= 15 is 0 Å². The SMILES string of the molecule is [N-]=[N+]=N[C@@H](CC(=O)O)C(=O)Cl. The number of carbonyl (C=O) groups is 2. The molecule has 60 valence electrons. The molecular formula is C4H4ClN3O3. The Kier molecular flexibility index (Phi) is 4.02. The molecular weight excluding hydrogens is 174 g/mol. The van der Waals surface area contributed by atoms with Crippen molar-refractivity contribution in [3.8, 4) is 0 Å². The van der Waals surface area contributed by atoms with Crippen molar-refractivity contribution in [2.45, 2.75) is 12.5 Å². The van der Waals surface area contributed by atoms with Crippen LogP contribution in [0.3, 0.4) is 0 Å². The molecule has 0 unspecified atom stereocenters. The number of azide groups is 1. The molecule has 0 amide bonds. The third kappa shape index (κ3) is 4.19. The number of aliphatic carboxylic acids is 1. The second-order valence-corrected chi connectivity index (χ2v) is 2.00. The molecule has 0 saturated carbocycles. The first-order valence-electron chi connectivity index (χ1n) is 2.53. The molecule has 7 heteroatoms. The maximum atomic E-state index is 10.3. The maximum absolute atomic E-state index is 10.3. The van der Waals surface area contributed by atoms with Crippen molar-refractivity contribution in [3.05, 3.63) is 10.4 Å². The lowest BCUT2D eigenvalue weighted by Crippen LogP contribution is -2.16. The van der Waals surface area contributed by atoms with Crippen LogP contribution in [-0.4, -0.2) is 22.4 Å². The van der Waals surface area contributed by atoms with E-state index < -0.39 is 23.7 Å². The molecule has 0 fully saturated rings. The fraction of sp³-hybridized carbons (Fsp3) is 0.500. The number of hydrogen-bond acceptors (Lipinski definition) is 3. The molecule has 0 rings (SSSR count). The summed E-state index contributed by atoms with van der Waals surface area (Å²) in [6.45, 7) is 0. The van der Waals surface area contributed by atoms with E-state index in [1.165, 1.54) is 0 Å². The third-order valence-electron chi connectivity index (χ3n) is 0.821. The fourth-order valence-electron chi connectivity index (χ4n) is 0.394. The second kappa shape index (κ2) is 4.54. The average molecular weight is 178 g/mol. The van der Waals surface area contributed by atoms with Crippen LogP contribution in [0.4, 0.5) is 0 Å². The molecule has 0 spiro atoms. The predicted molar refractivity (Wildman–Crippen MR) is 36.0 cm³/mol. The minimum Gasteiger partial charge on any atom is -0.481 e. The predicted octanol–water partition coefficient (Wildman–Crippen LogP) is 0.905. The summed E-state index contributed by atoms with van der Waals surface area (Å²) < 4.78 is 0. The van der Waals surface area contributed by atoms with Crippen molar-refractivity contribution in [1.29, 1.82) is 0 Å². The smallest absolute Gasteiger partial charge is 0.304 e. The van der Waals surface area contributed by atoms with E-state index in [0.29, 0.717) is 0 Å². The highest BCUT2D eigenvalue weighted by Gasteiger charge is 2.17. The normalized spacial score (nSPS) is 11.4. The lowest BCUT2D eigenvalue weighted by Gasteiger charge is -1.98. The van der Waals surface area contributed by atoms with Gasteiger partial charge in [-0.1, -0.05) is 5.11 Å². The number of carboxylic acids is 1. The van der Waals surface area contributed by atoms with E-state index in [2.05, 4.69) is 10.0 Å². The van der Waals surface area contributed by atoms with Gasteiger partial charge >= 0.3 is 5.97 Å². The van der Waals surface area contributed by atoms with Crippen LogP contribution in [-0.2, 0) is 9.59 Å². The van der Waals surface area contributed by atoms with Gasteiger partial charge in [0.15, 0.2) is 0 Å². The number of carbonyl (C=O) groups excluding carboxylic acids is 1. The van der Waals surface area contributed by atoms with Crippen molar-refractivity contribution in [2.24, 2.45) is 5.11 Å². The minimum absolute atomic E-state index is 0.577. The molecule has 0 aliphatic heterocycles. The van der Waals surface area contributed by atoms with Crippen LogP contribution in [0, 0.1) is 0 Å². The highest BCUT2D eigenvalue weighted by atomic mass is 35.5. The zero-order chi connectivity index (χ0) is 8.85. The van der Waals surface area contributed by atoms with Gasteiger partial charge in [0.05, 0.1) is 6.42 Å². The van der Waals surface area contributed by atoms with Gasteiger partial charge in [0, 0.05) is 4.91 Å². The Bertz CT molecular complexity index is 221. The van der Waals surface area contributed by atoms with E-state index in [-0.39, 0.29) is 0 Å². The van der Waals surface area contributed by atoms with Gasteiger partial charge in [-0.05, 0) is 17.1 Å². The Balaban J connectivity index is 4.22. The summed E-state index contributed by atoms with van der Waals surface area (Å²) in [5.41, 5.74) is 7.85. The summed E-state index contributed by atoms with van der Waals surface area (Å²) in [6.07, 6.45) is -0.577. The van der Waals surface area contributed by atoms with E-state index in [1.807, 2.05) is 0 Å². The van der Waals surface area contributed by atoms with Crippen molar-refractivity contribution in [3.63, 3.8) is 0 Å². The molecule has 1 N–H and O–H groups in total. The van der Waals surface area contributed by atoms with Gasteiger partial charge in [-0.25, -0.2) is 0 Å². The Morgan fingerprint density at radius 3 is 2.55 bits per heavy atom. The summed E-state index contributed by atoms with van der Waals surface area (Å²) in [5.74, 6) is -1.24. The summed E-state index contributed by atoms with van der Waals surface area (Å²) in [7, 11) is 0. The van der Waals surface area contributed by atoms with E-state index in [4.69, 9.17) is 22.2 Å². The third-order valence-corrected chi connectivity index (χ3v) is 1.07. The van der Waals surface area contributed by atoms with Crippen LogP contribution in [0.5, 0.6) is 0 Å². The van der Waals surface area contributed by atoms with E-state index in [9.17, 15) is 9.59 Å². The first-order chi connectivity index (χ1) is 5.07. The molecule has 0 aromatic rings. The van der Waals surface area contributed by atoms with Gasteiger partial charge < -0.3 is 5.11 Å². The molecule has 0 aromatic carbocycles. The quantitative estimate of drug-likeness (QED) is 0.299. The van der Waals surface area contributed by atoms with Crippen LogP contribution in [0.2, 0.25) is 0 Å². The Morgan fingerprint density at radius 1 is 1.73 bits per heavy atom. The maximum Gasteiger partial charge on any atom is 0.304 e. The number of hydrogen-bond donors (Lipinski definition) is 1. The van der Waals surface area contributed by atoms with Crippen molar-refractivity contribution < 1.29 is 14.7 Å². The number of nitrogens with zero attached hydrogens (tertiary/aromatic N) is 3. The lowest BCUT2D eigenvalue weighted by atomic mass is 10.2. The zero-order valence-electron chi connectivity index (χ0n) is 5.27. The van der Waals surface area contributed by atoms with Gasteiger partial charge in [0.1, 0.15) is 6.04 Å². The molecule has 0 aliphatic carbocycles. The summed E-state index contributed by atoms with van der Waals surface area (Å²) in [5, 5.41) is 10.1. The van der Waals surface area contributed by atoms with Crippen LogP contribution in [0.25, 0.3) is 10.4 Å². The first-order valence-corrected chi connectivity index (χ1v) is 2.91. The monoisotopic (exact) mass is 177 g/mol. The van der Waals surface area contributed by atoms with Gasteiger partial charge in [-0.3, -0.25) is 9.59 Å². The molecule has 0 bridgehead atoms. The fourth-order valence-corrected chi connectivity index (χ4v) is 0.515. The molecule has 0 radical (unpaired) electrons. The summed E-state index contributed by atoms with van der Waals surface area (Å²) in [4.78, 5) is 22.6. The van der Waals surface area contributed by atoms with Crippen LogP contribution in [0.1, 0.15) is 6.42 Å². The number of carboxylic acid groups (broad SMARTS) is 1. The zero-order valence-corrected chi connectivity index (χ0v) is 6.02. The second-order valence-electron chi connectivity index (χ2n) is 1.62. The summed E-state index contributed by atoms with van der Waals surface area (Å²) in [6, 6.07) is -1.31. The molecule has 0 heterocycles. The topological polar surface area (TPSA) is 103 Å². The van der Waals surface area contributed by atoms with Crippen LogP contribution < -0.4 is 0 Å². The largest absolute Gasteiger partial charge is 0.481 e. The van der Waals surface area contributed by atoms with E-state index in [0.717, 1.165) is 0 Å².